The first-order valence-electron chi connectivity index (χ1n) is 8.16. The highest BCUT2D eigenvalue weighted by Gasteiger charge is 2.28. The molecule has 0 aromatic heterocycles. The Kier molecular flexibility index (Phi) is 6.26. The number of rotatable bonds is 4. The summed E-state index contributed by atoms with van der Waals surface area (Å²) in [6, 6.07) is 1.92. The molecule has 0 aliphatic carbocycles. The predicted molar refractivity (Wildman–Crippen MR) is 91.7 cm³/mol. The number of alkyl halides is 3. The van der Waals surface area contributed by atoms with Crippen LogP contribution < -0.4 is 25.6 Å². The van der Waals surface area contributed by atoms with Gasteiger partial charge in [0.1, 0.15) is 25.2 Å². The van der Waals surface area contributed by atoms with Crippen LogP contribution in [0.25, 0.3) is 5.57 Å². The number of esters is 1. The minimum Gasteiger partial charge on any atom is -0.542 e. The third-order valence-electron chi connectivity index (χ3n) is 4.16. The average Bonchev–Trinajstić information content (AvgIpc) is 3.06. The van der Waals surface area contributed by atoms with Gasteiger partial charge < -0.3 is 25.1 Å². The van der Waals surface area contributed by atoms with Crippen molar-refractivity contribution in [1.82, 2.24) is 4.58 Å². The zero-order valence-corrected chi connectivity index (χ0v) is 15.1. The van der Waals surface area contributed by atoms with Gasteiger partial charge in [-0.15, -0.1) is 0 Å². The summed E-state index contributed by atoms with van der Waals surface area (Å²) in [6.45, 7) is 1.34. The first kappa shape index (κ1) is 21.2. The van der Waals surface area contributed by atoms with Crippen molar-refractivity contribution in [3.63, 3.8) is 0 Å². The monoisotopic (exact) mass is 401 g/mol. The zero-order chi connectivity index (χ0) is 21.1. The van der Waals surface area contributed by atoms with Gasteiger partial charge in [-0.05, 0) is 5.57 Å². The van der Waals surface area contributed by atoms with Gasteiger partial charge in [-0.2, -0.15) is 13.2 Å². The summed E-state index contributed by atoms with van der Waals surface area (Å²) in [5, 5.41) is 24.3. The van der Waals surface area contributed by atoms with E-state index in [0.717, 1.165) is 23.5 Å². The minimum absolute atomic E-state index is 0.139. The maximum Gasteiger partial charge on any atom is 0.430 e. The molecule has 2 aliphatic rings. The lowest BCUT2D eigenvalue weighted by atomic mass is 10.1. The van der Waals surface area contributed by atoms with Crippen molar-refractivity contribution in [3.8, 4) is 5.75 Å². The van der Waals surface area contributed by atoms with Gasteiger partial charge in [-0.1, -0.05) is 0 Å². The number of benzene rings is 1. The molecule has 1 aromatic carbocycles. The molecule has 1 aromatic rings. The van der Waals surface area contributed by atoms with E-state index >= 15 is 0 Å². The molecular weight excluding hydrogens is 383 g/mol. The fraction of sp³-hybridized carbons (Fsp3) is 0.412. The summed E-state index contributed by atoms with van der Waals surface area (Å²) in [6.07, 6.45) is -2.17. The molecular formula is C17H18F3N3O5. The Bertz CT molecular complexity index is 954. The first-order valence-corrected chi connectivity index (χ1v) is 8.16. The van der Waals surface area contributed by atoms with Crippen LogP contribution in [0.5, 0.6) is 5.75 Å². The van der Waals surface area contributed by atoms with Crippen LogP contribution in [0, 0.1) is 0 Å². The number of carboxylic acids is 1. The van der Waals surface area contributed by atoms with Crippen LogP contribution in [-0.4, -0.2) is 56.7 Å². The minimum atomic E-state index is -5.19. The number of carboxylic acid groups (broad SMARTS) is 1. The molecule has 0 fully saturated rings. The normalized spacial score (nSPS) is 14.2. The molecule has 0 atom stereocenters. The predicted octanol–water partition coefficient (Wildman–Crippen LogP) is -0.943. The summed E-state index contributed by atoms with van der Waals surface area (Å²) < 4.78 is 38.3. The number of aromatic hydroxyl groups is 1. The Morgan fingerprint density at radius 1 is 1.43 bits per heavy atom. The van der Waals surface area contributed by atoms with Crippen molar-refractivity contribution in [2.75, 3.05) is 32.6 Å². The molecule has 8 nitrogen and oxygen atoms in total. The lowest BCUT2D eigenvalue weighted by Crippen LogP contribution is -2.43. The second-order valence-corrected chi connectivity index (χ2v) is 6.01. The summed E-state index contributed by atoms with van der Waals surface area (Å²) in [5.74, 6) is -3.15. The van der Waals surface area contributed by atoms with E-state index in [4.69, 9.17) is 9.90 Å². The van der Waals surface area contributed by atoms with Gasteiger partial charge in [-0.25, -0.2) is 4.58 Å². The maximum atomic E-state index is 11.1. The van der Waals surface area contributed by atoms with Crippen LogP contribution in [0.3, 0.4) is 0 Å². The van der Waals surface area contributed by atoms with E-state index in [1.165, 1.54) is 12.7 Å². The molecule has 11 heteroatoms. The number of halogens is 3. The number of aliphatic imine (C=N–C) groups is 1. The standard InChI is InChI=1S/C15H17N3O3.C2HF3O2/c1-18-6-4-9-8-17-14-13(9)11(18)7-10(15(14)20)16-5-3-12(19)21-2;3-2(4,5)1(6)7/h7-8H,3-6H2,1-2H3,(H,16,17,20);(H,6,7). The van der Waals surface area contributed by atoms with Crippen LogP contribution in [0.1, 0.15) is 12.8 Å². The Labute approximate surface area is 157 Å². The molecule has 152 valence electrons. The first-order chi connectivity index (χ1) is 13.1. The number of aliphatic carboxylic acids is 1. The van der Waals surface area contributed by atoms with Crippen LogP contribution in [0.4, 0.5) is 24.5 Å². The molecule has 2 N–H and O–H groups in total. The number of nitrogens with one attached hydrogen (secondary N) is 1. The number of hydrogen-bond donors (Lipinski definition) is 2. The van der Waals surface area contributed by atoms with E-state index in [9.17, 15) is 23.1 Å². The highest BCUT2D eigenvalue weighted by molar-refractivity contribution is 6.08. The number of phenols is 1. The molecule has 0 amide bonds. The Morgan fingerprint density at radius 2 is 2.07 bits per heavy atom. The number of anilines is 1. The van der Waals surface area contributed by atoms with Crippen molar-refractivity contribution in [2.24, 2.45) is 4.99 Å². The third kappa shape index (κ3) is 4.59. The Morgan fingerprint density at radius 3 is 2.64 bits per heavy atom. The number of nitrogens with zero attached hydrogens (tertiary/aromatic N) is 2. The lowest BCUT2D eigenvalue weighted by Gasteiger charge is -2.11. The highest BCUT2D eigenvalue weighted by Crippen LogP contribution is 2.32. The number of hydrogen-bond acceptors (Lipinski definition) is 7. The fourth-order valence-electron chi connectivity index (χ4n) is 2.73. The van der Waals surface area contributed by atoms with E-state index in [1.54, 1.807) is 0 Å². The van der Waals surface area contributed by atoms with Gasteiger partial charge >= 0.3 is 12.1 Å². The third-order valence-corrected chi connectivity index (χ3v) is 4.16. The van der Waals surface area contributed by atoms with E-state index < -0.39 is 12.1 Å². The molecule has 28 heavy (non-hydrogen) atoms. The van der Waals surface area contributed by atoms with Crippen molar-refractivity contribution in [3.05, 3.63) is 16.6 Å². The lowest BCUT2D eigenvalue weighted by molar-refractivity contribution is -0.344. The maximum absolute atomic E-state index is 11.1. The van der Waals surface area contributed by atoms with Gasteiger partial charge in [0.25, 0.3) is 0 Å². The van der Waals surface area contributed by atoms with Crippen LogP contribution in [0.15, 0.2) is 11.1 Å². The average molecular weight is 401 g/mol. The van der Waals surface area contributed by atoms with E-state index in [0.29, 0.717) is 17.9 Å². The molecule has 2 heterocycles. The SMILES string of the molecule is COC(=O)CCNc1cc2c3c(c1O)N=CC=3CC[N+]=2C.O=C([O-])C(F)(F)F. The Balaban J connectivity index is 0.000000345. The number of methoxy groups -OCH3 is 1. The summed E-state index contributed by atoms with van der Waals surface area (Å²) in [5.41, 5.74) is 2.39. The summed E-state index contributed by atoms with van der Waals surface area (Å²) in [7, 11) is 3.39. The van der Waals surface area contributed by atoms with Gasteiger partial charge in [-0.3, -0.25) is 9.79 Å². The van der Waals surface area contributed by atoms with Crippen molar-refractivity contribution < 1.29 is 37.7 Å². The van der Waals surface area contributed by atoms with Crippen molar-refractivity contribution >= 4 is 35.1 Å². The van der Waals surface area contributed by atoms with Gasteiger partial charge in [0.05, 0.1) is 24.4 Å². The quantitative estimate of drug-likeness (QED) is 0.382. The summed E-state index contributed by atoms with van der Waals surface area (Å²) >= 11 is 0. The Hall–Kier alpha value is -3.11. The van der Waals surface area contributed by atoms with E-state index in [2.05, 4.69) is 19.6 Å². The number of phenolic OH excluding ortho intramolecular Hbond substituents is 1. The van der Waals surface area contributed by atoms with Crippen LogP contribution >= 0.6 is 0 Å². The molecule has 3 rings (SSSR count). The van der Waals surface area contributed by atoms with E-state index in [1.807, 2.05) is 19.3 Å². The van der Waals surface area contributed by atoms with Gasteiger partial charge in [0.15, 0.2) is 5.75 Å². The zero-order valence-electron chi connectivity index (χ0n) is 15.1. The van der Waals surface area contributed by atoms with Crippen molar-refractivity contribution in [1.29, 1.82) is 0 Å². The fourth-order valence-corrected chi connectivity index (χ4v) is 2.73. The van der Waals surface area contributed by atoms with Gasteiger partial charge in [0, 0.05) is 25.2 Å². The van der Waals surface area contributed by atoms with Crippen LogP contribution in [0.2, 0.25) is 0 Å². The van der Waals surface area contributed by atoms with E-state index in [-0.39, 0.29) is 18.1 Å². The number of carbonyl (C=O) groups is 2. The molecule has 0 spiro atoms. The van der Waals surface area contributed by atoms with Crippen LogP contribution in [-0.2, 0) is 14.3 Å². The molecule has 0 saturated carbocycles. The second kappa shape index (κ2) is 8.28. The summed E-state index contributed by atoms with van der Waals surface area (Å²) in [4.78, 5) is 24.3. The van der Waals surface area contributed by atoms with Gasteiger partial charge in [0.2, 0.25) is 5.36 Å². The molecule has 0 saturated heterocycles. The number of ether oxygens (including phenoxy) is 1. The molecule has 0 bridgehead atoms. The number of carbonyl (C=O) groups excluding carboxylic acids is 2. The smallest absolute Gasteiger partial charge is 0.430 e. The largest absolute Gasteiger partial charge is 0.542 e. The second-order valence-electron chi connectivity index (χ2n) is 6.01. The highest BCUT2D eigenvalue weighted by atomic mass is 19.4. The molecule has 2 aliphatic heterocycles. The topological polar surface area (TPSA) is 114 Å². The van der Waals surface area contributed by atoms with Crippen molar-refractivity contribution in [2.45, 2.75) is 19.0 Å². The molecule has 0 radical (unpaired) electrons. The molecule has 0 unspecified atom stereocenters.